The molecule has 19 heavy (non-hydrogen) atoms. The minimum Gasteiger partial charge on any atom is -0.478 e. The number of fused-ring (bicyclic) bond motifs is 1. The third kappa shape index (κ3) is 1.85. The average Bonchev–Trinajstić information content (AvgIpc) is 2.77. The zero-order valence-electron chi connectivity index (χ0n) is 10.2. The first-order chi connectivity index (χ1) is 9.16. The van der Waals surface area contributed by atoms with Crippen molar-refractivity contribution in [1.29, 1.82) is 0 Å². The molecular formula is C14H11N3O2. The predicted molar refractivity (Wildman–Crippen MR) is 70.9 cm³/mol. The fraction of sp³-hybridized carbons (Fsp3) is 0.0714. The maximum absolute atomic E-state index is 11.2. The number of rotatable bonds is 2. The van der Waals surface area contributed by atoms with Crippen molar-refractivity contribution in [3.8, 4) is 11.4 Å². The van der Waals surface area contributed by atoms with Gasteiger partial charge in [0, 0.05) is 19.4 Å². The summed E-state index contributed by atoms with van der Waals surface area (Å²) in [5.74, 6) is -0.976. The molecule has 0 bridgehead atoms. The maximum Gasteiger partial charge on any atom is 0.339 e. The second-order valence-corrected chi connectivity index (χ2v) is 4.24. The van der Waals surface area contributed by atoms with E-state index in [2.05, 4.69) is 9.97 Å². The van der Waals surface area contributed by atoms with Crippen molar-refractivity contribution in [2.45, 2.75) is 0 Å². The van der Waals surface area contributed by atoms with Gasteiger partial charge in [0.05, 0.1) is 16.9 Å². The minimum absolute atomic E-state index is 0.204. The van der Waals surface area contributed by atoms with Gasteiger partial charge in [-0.25, -0.2) is 9.78 Å². The topological polar surface area (TPSA) is 68.0 Å². The van der Waals surface area contributed by atoms with Crippen molar-refractivity contribution < 1.29 is 9.90 Å². The van der Waals surface area contributed by atoms with Gasteiger partial charge >= 0.3 is 5.97 Å². The van der Waals surface area contributed by atoms with E-state index < -0.39 is 5.97 Å². The molecule has 3 aromatic rings. The third-order valence-electron chi connectivity index (χ3n) is 2.99. The van der Waals surface area contributed by atoms with Crippen molar-refractivity contribution in [3.05, 3.63) is 48.3 Å². The number of aryl methyl sites for hydroxylation is 1. The molecule has 0 spiro atoms. The van der Waals surface area contributed by atoms with Crippen LogP contribution in [0.4, 0.5) is 0 Å². The monoisotopic (exact) mass is 253 g/mol. The minimum atomic E-state index is -0.976. The van der Waals surface area contributed by atoms with E-state index in [0.717, 1.165) is 11.2 Å². The van der Waals surface area contributed by atoms with Crippen LogP contribution in [0.1, 0.15) is 10.4 Å². The molecule has 5 heteroatoms. The van der Waals surface area contributed by atoms with Crippen LogP contribution in [0.2, 0.25) is 0 Å². The molecule has 0 saturated carbocycles. The summed E-state index contributed by atoms with van der Waals surface area (Å²) < 4.78 is 1.76. The van der Waals surface area contributed by atoms with Crippen LogP contribution in [0.15, 0.2) is 42.7 Å². The molecule has 0 aliphatic rings. The second kappa shape index (κ2) is 4.20. The number of carboxylic acid groups (broad SMARTS) is 1. The van der Waals surface area contributed by atoms with Gasteiger partial charge in [0.1, 0.15) is 11.1 Å². The van der Waals surface area contributed by atoms with Crippen LogP contribution in [-0.2, 0) is 7.05 Å². The summed E-state index contributed by atoms with van der Waals surface area (Å²) in [4.78, 5) is 19.9. The van der Waals surface area contributed by atoms with E-state index in [1.807, 2.05) is 30.3 Å². The van der Waals surface area contributed by atoms with Gasteiger partial charge in [-0.2, -0.15) is 0 Å². The number of pyridine rings is 2. The summed E-state index contributed by atoms with van der Waals surface area (Å²) in [6.07, 6.45) is 3.26. The Kier molecular flexibility index (Phi) is 2.52. The molecule has 5 nitrogen and oxygen atoms in total. The zero-order chi connectivity index (χ0) is 13.4. The first kappa shape index (κ1) is 11.4. The Morgan fingerprint density at radius 1 is 1.21 bits per heavy atom. The van der Waals surface area contributed by atoms with Crippen LogP contribution in [-0.4, -0.2) is 25.6 Å². The third-order valence-corrected chi connectivity index (χ3v) is 2.99. The smallest absolute Gasteiger partial charge is 0.339 e. The fourth-order valence-corrected chi connectivity index (χ4v) is 2.07. The van der Waals surface area contributed by atoms with E-state index in [1.165, 1.54) is 0 Å². The van der Waals surface area contributed by atoms with Crippen LogP contribution in [0.3, 0.4) is 0 Å². The molecule has 0 aromatic carbocycles. The lowest BCUT2D eigenvalue weighted by Gasteiger charge is -2.01. The molecule has 0 aliphatic heterocycles. The second-order valence-electron chi connectivity index (χ2n) is 4.24. The van der Waals surface area contributed by atoms with Crippen LogP contribution in [0.5, 0.6) is 0 Å². The highest BCUT2D eigenvalue weighted by atomic mass is 16.4. The van der Waals surface area contributed by atoms with E-state index in [4.69, 9.17) is 0 Å². The van der Waals surface area contributed by atoms with Crippen LogP contribution < -0.4 is 0 Å². The highest BCUT2D eigenvalue weighted by molar-refractivity contribution is 6.02. The van der Waals surface area contributed by atoms with Gasteiger partial charge in [-0.3, -0.25) is 4.98 Å². The van der Waals surface area contributed by atoms with Crippen LogP contribution >= 0.6 is 0 Å². The first-order valence-electron chi connectivity index (χ1n) is 5.77. The Morgan fingerprint density at radius 2 is 2.05 bits per heavy atom. The highest BCUT2D eigenvalue weighted by Gasteiger charge is 2.15. The summed E-state index contributed by atoms with van der Waals surface area (Å²) in [6.45, 7) is 0. The largest absolute Gasteiger partial charge is 0.478 e. The van der Waals surface area contributed by atoms with Gasteiger partial charge in [-0.15, -0.1) is 0 Å². The Bertz CT molecular complexity index is 763. The number of hydrogen-bond acceptors (Lipinski definition) is 3. The first-order valence-corrected chi connectivity index (χ1v) is 5.77. The Morgan fingerprint density at radius 3 is 2.74 bits per heavy atom. The van der Waals surface area contributed by atoms with Crippen molar-refractivity contribution in [2.24, 2.45) is 7.05 Å². The Hall–Kier alpha value is -2.69. The molecule has 3 heterocycles. The molecule has 0 unspecified atom stereocenters. The fourth-order valence-electron chi connectivity index (χ4n) is 2.07. The summed E-state index contributed by atoms with van der Waals surface area (Å²) in [5, 5.41) is 9.19. The van der Waals surface area contributed by atoms with E-state index in [9.17, 15) is 9.90 Å². The van der Waals surface area contributed by atoms with Crippen molar-refractivity contribution in [3.63, 3.8) is 0 Å². The zero-order valence-corrected chi connectivity index (χ0v) is 10.2. The quantitative estimate of drug-likeness (QED) is 0.761. The molecule has 0 aliphatic carbocycles. The van der Waals surface area contributed by atoms with Gasteiger partial charge in [-0.1, -0.05) is 6.07 Å². The molecule has 0 fully saturated rings. The lowest BCUT2D eigenvalue weighted by Crippen LogP contribution is -1.96. The molecule has 1 N–H and O–H groups in total. The molecule has 94 valence electrons. The SMILES string of the molecule is Cn1cc(C(=O)O)c2nc(-c3ccccn3)ccc21. The Labute approximate surface area is 109 Å². The standard InChI is InChI=1S/C14H11N3O2/c1-17-8-9(14(18)19)13-12(17)6-5-11(16-13)10-4-2-3-7-15-10/h2-8H,1H3,(H,18,19). The summed E-state index contributed by atoms with van der Waals surface area (Å²) >= 11 is 0. The number of carboxylic acids is 1. The van der Waals surface area contributed by atoms with Gasteiger partial charge in [-0.05, 0) is 24.3 Å². The number of hydrogen-bond donors (Lipinski definition) is 1. The summed E-state index contributed by atoms with van der Waals surface area (Å²) in [7, 11) is 1.80. The molecule has 3 rings (SSSR count). The molecule has 0 radical (unpaired) electrons. The molecular weight excluding hydrogens is 242 g/mol. The summed E-state index contributed by atoms with van der Waals surface area (Å²) in [5.41, 5.74) is 2.87. The van der Waals surface area contributed by atoms with Crippen molar-refractivity contribution in [2.75, 3.05) is 0 Å². The number of aromatic nitrogens is 3. The van der Waals surface area contributed by atoms with Gasteiger partial charge in [0.25, 0.3) is 0 Å². The van der Waals surface area contributed by atoms with E-state index in [0.29, 0.717) is 11.2 Å². The maximum atomic E-state index is 11.2. The van der Waals surface area contributed by atoms with Crippen molar-refractivity contribution >= 4 is 17.0 Å². The number of carbonyl (C=O) groups is 1. The normalized spacial score (nSPS) is 10.8. The van der Waals surface area contributed by atoms with Crippen LogP contribution in [0, 0.1) is 0 Å². The van der Waals surface area contributed by atoms with E-state index >= 15 is 0 Å². The predicted octanol–water partition coefficient (Wildman–Crippen LogP) is 2.33. The van der Waals surface area contributed by atoms with E-state index in [-0.39, 0.29) is 5.56 Å². The summed E-state index contributed by atoms with van der Waals surface area (Å²) in [6, 6.07) is 9.25. The highest BCUT2D eigenvalue weighted by Crippen LogP contribution is 2.23. The lowest BCUT2D eigenvalue weighted by molar-refractivity contribution is 0.0698. The molecule has 0 saturated heterocycles. The Balaban J connectivity index is 2.25. The average molecular weight is 253 g/mol. The number of nitrogens with zero attached hydrogens (tertiary/aromatic N) is 3. The van der Waals surface area contributed by atoms with Gasteiger partial charge < -0.3 is 9.67 Å². The number of aromatic carboxylic acids is 1. The molecule has 0 atom stereocenters. The van der Waals surface area contributed by atoms with E-state index in [1.54, 1.807) is 24.0 Å². The lowest BCUT2D eigenvalue weighted by atomic mass is 10.2. The van der Waals surface area contributed by atoms with Crippen molar-refractivity contribution in [1.82, 2.24) is 14.5 Å². The van der Waals surface area contributed by atoms with Crippen LogP contribution in [0.25, 0.3) is 22.4 Å². The van der Waals surface area contributed by atoms with Gasteiger partial charge in [0.15, 0.2) is 0 Å². The van der Waals surface area contributed by atoms with Gasteiger partial charge in [0.2, 0.25) is 0 Å². The molecule has 3 aromatic heterocycles. The molecule has 0 amide bonds.